The van der Waals surface area contributed by atoms with Gasteiger partial charge >= 0.3 is 6.18 Å². The molecule has 0 saturated heterocycles. The van der Waals surface area contributed by atoms with E-state index in [4.69, 9.17) is 0 Å². The molecule has 4 aromatic carbocycles. The second-order valence-electron chi connectivity index (χ2n) is 8.74. The van der Waals surface area contributed by atoms with E-state index in [1.807, 2.05) is 53.1 Å². The van der Waals surface area contributed by atoms with E-state index in [1.165, 1.54) is 29.3 Å². The van der Waals surface area contributed by atoms with Crippen molar-refractivity contribution in [3.8, 4) is 5.69 Å². The van der Waals surface area contributed by atoms with Crippen molar-refractivity contribution in [2.24, 2.45) is 0 Å². The van der Waals surface area contributed by atoms with Gasteiger partial charge in [-0.15, -0.1) is 10.2 Å². The molecule has 2 aromatic heterocycles. The van der Waals surface area contributed by atoms with Crippen LogP contribution < -0.4 is 0 Å². The van der Waals surface area contributed by atoms with Crippen LogP contribution in [0.15, 0.2) is 102 Å². The average molecular weight is 515 g/mol. The molecule has 0 unspecified atom stereocenters. The number of fused-ring (bicyclic) bond motifs is 3. The lowest BCUT2D eigenvalue weighted by Crippen LogP contribution is -2.05. The summed E-state index contributed by atoms with van der Waals surface area (Å²) in [6, 6.07) is 29.6. The monoisotopic (exact) mass is 514 g/mol. The van der Waals surface area contributed by atoms with E-state index < -0.39 is 11.7 Å². The Morgan fingerprint density at radius 3 is 2.38 bits per heavy atom. The normalized spacial score (nSPS) is 12.0. The molecule has 1 N–H and O–H groups in total. The fourth-order valence-electron chi connectivity index (χ4n) is 4.58. The first kappa shape index (κ1) is 23.4. The van der Waals surface area contributed by atoms with Gasteiger partial charge in [0.05, 0.1) is 11.1 Å². The minimum Gasteiger partial charge on any atom is -0.354 e. The molecule has 0 amide bonds. The smallest absolute Gasteiger partial charge is 0.354 e. The first-order chi connectivity index (χ1) is 18.0. The number of halogens is 3. The van der Waals surface area contributed by atoms with Crippen LogP contribution in [0.2, 0.25) is 0 Å². The summed E-state index contributed by atoms with van der Waals surface area (Å²) in [5.41, 5.74) is 4.05. The summed E-state index contributed by atoms with van der Waals surface area (Å²) < 4.78 is 41.5. The first-order valence-electron chi connectivity index (χ1n) is 11.7. The average Bonchev–Trinajstić information content (AvgIpc) is 3.49. The maximum atomic E-state index is 13.2. The molecular weight excluding hydrogens is 493 g/mol. The number of aromatic nitrogens is 4. The molecule has 0 aliphatic rings. The molecule has 0 spiro atoms. The van der Waals surface area contributed by atoms with Crippen molar-refractivity contribution >= 4 is 33.6 Å². The molecule has 2 heterocycles. The third-order valence-corrected chi connectivity index (χ3v) is 7.31. The summed E-state index contributed by atoms with van der Waals surface area (Å²) >= 11 is 1.37. The molecule has 0 atom stereocenters. The number of hydrogen-bond donors (Lipinski definition) is 1. The van der Waals surface area contributed by atoms with Crippen LogP contribution in [0, 0.1) is 0 Å². The summed E-state index contributed by atoms with van der Waals surface area (Å²) in [6.45, 7) is 0. The lowest BCUT2D eigenvalue weighted by Gasteiger charge is -2.11. The van der Waals surface area contributed by atoms with Gasteiger partial charge in [0.2, 0.25) is 0 Å². The third kappa shape index (κ3) is 4.60. The first-order valence-corrected chi connectivity index (χ1v) is 12.7. The van der Waals surface area contributed by atoms with Gasteiger partial charge in [0.1, 0.15) is 5.82 Å². The van der Waals surface area contributed by atoms with Crippen molar-refractivity contribution in [2.75, 3.05) is 0 Å². The number of alkyl halides is 3. The molecule has 6 aromatic rings. The van der Waals surface area contributed by atoms with Gasteiger partial charge in [-0.1, -0.05) is 84.6 Å². The van der Waals surface area contributed by atoms with Gasteiger partial charge in [-0.25, -0.2) is 0 Å². The van der Waals surface area contributed by atoms with Gasteiger partial charge in [0.25, 0.3) is 0 Å². The molecule has 4 nitrogen and oxygen atoms in total. The van der Waals surface area contributed by atoms with E-state index in [1.54, 1.807) is 6.07 Å². The van der Waals surface area contributed by atoms with Crippen LogP contribution in [-0.2, 0) is 18.3 Å². The Bertz CT molecular complexity index is 1700. The summed E-state index contributed by atoms with van der Waals surface area (Å²) in [5.74, 6) is 1.09. The maximum absolute atomic E-state index is 13.2. The highest BCUT2D eigenvalue weighted by molar-refractivity contribution is 7.98. The number of para-hydroxylation sites is 3. The Hall–Kier alpha value is -4.04. The van der Waals surface area contributed by atoms with Gasteiger partial charge in [0, 0.05) is 34.2 Å². The largest absolute Gasteiger partial charge is 0.416 e. The van der Waals surface area contributed by atoms with E-state index in [2.05, 4.69) is 39.4 Å². The molecule has 6 rings (SSSR count). The zero-order valence-electron chi connectivity index (χ0n) is 19.5. The van der Waals surface area contributed by atoms with Gasteiger partial charge in [-0.05, 0) is 35.4 Å². The Kier molecular flexibility index (Phi) is 5.96. The number of thioether (sulfide) groups is 1. The van der Waals surface area contributed by atoms with Gasteiger partial charge < -0.3 is 4.98 Å². The summed E-state index contributed by atoms with van der Waals surface area (Å²) in [5, 5.41) is 11.9. The van der Waals surface area contributed by atoms with Crippen LogP contribution in [0.1, 0.15) is 22.5 Å². The lowest BCUT2D eigenvalue weighted by atomic mass is 10.1. The van der Waals surface area contributed by atoms with Crippen LogP contribution in [-0.4, -0.2) is 19.7 Å². The number of hydrogen-bond acceptors (Lipinski definition) is 3. The maximum Gasteiger partial charge on any atom is 0.416 e. The fourth-order valence-corrected chi connectivity index (χ4v) is 5.50. The molecule has 0 bridgehead atoms. The molecule has 8 heteroatoms. The highest BCUT2D eigenvalue weighted by Crippen LogP contribution is 2.33. The van der Waals surface area contributed by atoms with E-state index >= 15 is 0 Å². The number of H-pyrrole nitrogens is 1. The van der Waals surface area contributed by atoms with E-state index in [-0.39, 0.29) is 0 Å². The van der Waals surface area contributed by atoms with Crippen LogP contribution in [0.25, 0.3) is 27.5 Å². The predicted molar refractivity (Wildman–Crippen MR) is 141 cm³/mol. The number of benzene rings is 4. The molecule has 0 aliphatic heterocycles. The fraction of sp³-hybridized carbons (Fsp3) is 0.103. The molecular formula is C29H21F3N4S. The van der Waals surface area contributed by atoms with Crippen molar-refractivity contribution in [3.63, 3.8) is 0 Å². The van der Waals surface area contributed by atoms with Crippen molar-refractivity contribution in [1.82, 2.24) is 19.7 Å². The van der Waals surface area contributed by atoms with Crippen LogP contribution in [0.4, 0.5) is 13.2 Å². The van der Waals surface area contributed by atoms with Gasteiger partial charge in [0.15, 0.2) is 5.16 Å². The Balaban J connectivity index is 1.36. The zero-order valence-corrected chi connectivity index (χ0v) is 20.4. The standard InChI is InChI=1S/C29H21F3N4S/c30-29(31,32)21-10-6-8-19(16-21)18-37-28-35-34-26(36(28)22-11-2-1-3-12-22)17-20-9-7-14-24-23-13-4-5-15-25(23)33-27(20)24/h1-16,33H,17-18H2. The highest BCUT2D eigenvalue weighted by Gasteiger charge is 2.30. The van der Waals surface area contributed by atoms with Gasteiger partial charge in [-0.3, -0.25) is 4.57 Å². The molecule has 37 heavy (non-hydrogen) atoms. The number of aromatic amines is 1. The number of nitrogens with zero attached hydrogens (tertiary/aromatic N) is 3. The number of rotatable bonds is 6. The molecule has 184 valence electrons. The Labute approximate surface area is 215 Å². The van der Waals surface area contributed by atoms with E-state index in [0.29, 0.717) is 22.9 Å². The van der Waals surface area contributed by atoms with Crippen LogP contribution in [0.3, 0.4) is 0 Å². The second-order valence-corrected chi connectivity index (χ2v) is 9.69. The van der Waals surface area contributed by atoms with Crippen LogP contribution in [0.5, 0.6) is 0 Å². The zero-order chi connectivity index (χ0) is 25.4. The lowest BCUT2D eigenvalue weighted by molar-refractivity contribution is -0.137. The van der Waals surface area contributed by atoms with Gasteiger partial charge in [-0.2, -0.15) is 13.2 Å². The summed E-state index contributed by atoms with van der Waals surface area (Å²) in [4.78, 5) is 3.54. The van der Waals surface area contributed by atoms with E-state index in [0.717, 1.165) is 39.6 Å². The minimum absolute atomic E-state index is 0.340. The second kappa shape index (κ2) is 9.44. The van der Waals surface area contributed by atoms with Crippen LogP contribution >= 0.6 is 11.8 Å². The molecule has 0 saturated carbocycles. The van der Waals surface area contributed by atoms with Crippen molar-refractivity contribution < 1.29 is 13.2 Å². The molecule has 0 aliphatic carbocycles. The summed E-state index contributed by atoms with van der Waals surface area (Å²) in [7, 11) is 0. The highest BCUT2D eigenvalue weighted by atomic mass is 32.2. The minimum atomic E-state index is -4.37. The number of nitrogens with one attached hydrogen (secondary N) is 1. The Morgan fingerprint density at radius 1 is 0.784 bits per heavy atom. The third-order valence-electron chi connectivity index (χ3n) is 6.31. The quantitative estimate of drug-likeness (QED) is 0.231. The van der Waals surface area contributed by atoms with Crippen molar-refractivity contribution in [3.05, 3.63) is 120 Å². The molecule has 0 fully saturated rings. The SMILES string of the molecule is FC(F)(F)c1cccc(CSc2nnc(Cc3cccc4c3[nH]c3ccccc34)n2-c2ccccc2)c1. The molecule has 0 radical (unpaired) electrons. The Morgan fingerprint density at radius 2 is 1.54 bits per heavy atom. The van der Waals surface area contributed by atoms with E-state index in [9.17, 15) is 13.2 Å². The van der Waals surface area contributed by atoms with Crippen molar-refractivity contribution in [2.45, 2.75) is 23.5 Å². The predicted octanol–water partition coefficient (Wildman–Crippen LogP) is 7.80. The van der Waals surface area contributed by atoms with Crippen molar-refractivity contribution in [1.29, 1.82) is 0 Å². The summed E-state index contributed by atoms with van der Waals surface area (Å²) in [6.07, 6.45) is -3.84. The topological polar surface area (TPSA) is 46.5 Å².